The highest BCUT2D eigenvalue weighted by molar-refractivity contribution is 5.93. The number of ether oxygens (including phenoxy) is 1. The second-order valence-corrected chi connectivity index (χ2v) is 6.35. The van der Waals surface area contributed by atoms with Gasteiger partial charge in [-0.05, 0) is 36.8 Å². The number of pyridine rings is 1. The van der Waals surface area contributed by atoms with Crippen LogP contribution in [0.15, 0.2) is 77.7 Å². The number of nitrogens with zero attached hydrogens (tertiary/aromatic N) is 2. The average molecular weight is 393 g/mol. The van der Waals surface area contributed by atoms with Crippen LogP contribution in [0.5, 0.6) is 5.75 Å². The first-order chi connectivity index (χ1) is 13.9. The molecular weight excluding hydrogens is 374 g/mol. The van der Waals surface area contributed by atoms with Crippen LogP contribution in [-0.2, 0) is 11.4 Å². The quantitative estimate of drug-likeness (QED) is 0.488. The van der Waals surface area contributed by atoms with Crippen molar-refractivity contribution in [3.05, 3.63) is 99.0 Å². The lowest BCUT2D eigenvalue weighted by Crippen LogP contribution is -2.31. The molecule has 0 aliphatic rings. The lowest BCUT2D eigenvalue weighted by Gasteiger charge is -2.15. The summed E-state index contributed by atoms with van der Waals surface area (Å²) in [6.07, 6.45) is 1.06. The van der Waals surface area contributed by atoms with Crippen molar-refractivity contribution in [2.75, 3.05) is 5.32 Å². The van der Waals surface area contributed by atoms with Gasteiger partial charge in [0.25, 0.3) is 11.2 Å². The lowest BCUT2D eigenvalue weighted by atomic mass is 10.2. The molecule has 3 rings (SSSR count). The number of anilines is 1. The number of hydrogen-bond donors (Lipinski definition) is 1. The van der Waals surface area contributed by atoms with Crippen molar-refractivity contribution in [1.82, 2.24) is 4.57 Å². The summed E-state index contributed by atoms with van der Waals surface area (Å²) in [5.41, 5.74) is 0.806. The summed E-state index contributed by atoms with van der Waals surface area (Å²) >= 11 is 0. The van der Waals surface area contributed by atoms with Crippen molar-refractivity contribution < 1.29 is 14.5 Å². The number of amides is 1. The van der Waals surface area contributed by atoms with Gasteiger partial charge < -0.3 is 10.1 Å². The summed E-state index contributed by atoms with van der Waals surface area (Å²) in [6, 6.07) is 17.8. The van der Waals surface area contributed by atoms with Crippen molar-refractivity contribution in [2.24, 2.45) is 0 Å². The summed E-state index contributed by atoms with van der Waals surface area (Å²) in [7, 11) is 0. The van der Waals surface area contributed by atoms with Crippen molar-refractivity contribution in [3.8, 4) is 5.75 Å². The SMILES string of the molecule is CC(C(=O)Nc1ccc(OCc2ccccc2)cc1)n1cc([N+](=O)[O-])ccc1=O. The number of benzene rings is 2. The van der Waals surface area contributed by atoms with Crippen molar-refractivity contribution in [2.45, 2.75) is 19.6 Å². The van der Waals surface area contributed by atoms with E-state index in [1.54, 1.807) is 24.3 Å². The van der Waals surface area contributed by atoms with E-state index < -0.39 is 22.4 Å². The molecule has 0 radical (unpaired) electrons. The van der Waals surface area contributed by atoms with Gasteiger partial charge in [0.1, 0.15) is 18.4 Å². The minimum absolute atomic E-state index is 0.260. The number of nitrogens with one attached hydrogen (secondary N) is 1. The molecule has 1 N–H and O–H groups in total. The van der Waals surface area contributed by atoms with Crippen LogP contribution in [0.3, 0.4) is 0 Å². The number of aromatic nitrogens is 1. The minimum Gasteiger partial charge on any atom is -0.489 e. The third-order valence-electron chi connectivity index (χ3n) is 4.30. The molecular formula is C21H19N3O5. The van der Waals surface area contributed by atoms with Gasteiger partial charge in [-0.2, -0.15) is 0 Å². The first kappa shape index (κ1) is 19.8. The van der Waals surface area contributed by atoms with E-state index in [4.69, 9.17) is 4.74 Å². The van der Waals surface area contributed by atoms with Crippen molar-refractivity contribution in [1.29, 1.82) is 0 Å². The Morgan fingerprint density at radius 3 is 2.45 bits per heavy atom. The van der Waals surface area contributed by atoms with E-state index in [1.807, 2.05) is 30.3 Å². The number of nitro groups is 1. The summed E-state index contributed by atoms with van der Waals surface area (Å²) < 4.78 is 6.73. The van der Waals surface area contributed by atoms with Gasteiger partial charge in [0, 0.05) is 17.8 Å². The molecule has 1 aromatic heterocycles. The summed E-state index contributed by atoms with van der Waals surface area (Å²) in [5, 5.41) is 13.6. The summed E-state index contributed by atoms with van der Waals surface area (Å²) in [4.78, 5) is 34.7. The van der Waals surface area contributed by atoms with Gasteiger partial charge in [0.2, 0.25) is 5.91 Å². The second-order valence-electron chi connectivity index (χ2n) is 6.35. The van der Waals surface area contributed by atoms with Gasteiger partial charge in [0.15, 0.2) is 0 Å². The highest BCUT2D eigenvalue weighted by Gasteiger charge is 2.19. The molecule has 8 nitrogen and oxygen atoms in total. The Hall–Kier alpha value is -3.94. The Bertz CT molecular complexity index is 1060. The van der Waals surface area contributed by atoms with Gasteiger partial charge >= 0.3 is 0 Å². The second kappa shape index (κ2) is 8.83. The van der Waals surface area contributed by atoms with Crippen LogP contribution in [0.2, 0.25) is 0 Å². The maximum Gasteiger partial charge on any atom is 0.285 e. The molecule has 1 atom stereocenters. The molecule has 2 aromatic carbocycles. The van der Waals surface area contributed by atoms with Crippen LogP contribution in [0.4, 0.5) is 11.4 Å². The maximum atomic E-state index is 12.5. The van der Waals surface area contributed by atoms with E-state index >= 15 is 0 Å². The smallest absolute Gasteiger partial charge is 0.285 e. The highest BCUT2D eigenvalue weighted by Crippen LogP contribution is 2.19. The number of carbonyl (C=O) groups excluding carboxylic acids is 1. The topological polar surface area (TPSA) is 103 Å². The Labute approximate surface area is 166 Å². The van der Waals surface area contributed by atoms with Gasteiger partial charge in [-0.1, -0.05) is 30.3 Å². The predicted molar refractivity (Wildman–Crippen MR) is 108 cm³/mol. The van der Waals surface area contributed by atoms with Crippen LogP contribution in [0, 0.1) is 10.1 Å². The first-order valence-corrected chi connectivity index (χ1v) is 8.88. The number of hydrogen-bond acceptors (Lipinski definition) is 5. The Balaban J connectivity index is 1.64. The van der Waals surface area contributed by atoms with Gasteiger partial charge in [-0.15, -0.1) is 0 Å². The molecule has 1 unspecified atom stereocenters. The molecule has 0 aliphatic heterocycles. The van der Waals surface area contributed by atoms with E-state index in [0.29, 0.717) is 18.0 Å². The summed E-state index contributed by atoms with van der Waals surface area (Å²) in [6.45, 7) is 1.93. The Morgan fingerprint density at radius 1 is 1.10 bits per heavy atom. The molecule has 0 fully saturated rings. The molecule has 1 heterocycles. The third kappa shape index (κ3) is 5.07. The average Bonchev–Trinajstić information content (AvgIpc) is 2.73. The molecule has 3 aromatic rings. The standard InChI is InChI=1S/C21H19N3O5/c1-15(23-13-18(24(27)28)9-12-20(23)25)21(26)22-17-7-10-19(11-8-17)29-14-16-5-3-2-4-6-16/h2-13,15H,14H2,1H3,(H,22,26). The van der Waals surface area contributed by atoms with Gasteiger partial charge in [-0.25, -0.2) is 0 Å². The molecule has 148 valence electrons. The molecule has 0 saturated carbocycles. The predicted octanol–water partition coefficient (Wildman–Crippen LogP) is 3.54. The van der Waals surface area contributed by atoms with Crippen LogP contribution >= 0.6 is 0 Å². The van der Waals surface area contributed by atoms with E-state index in [1.165, 1.54) is 6.92 Å². The fourth-order valence-electron chi connectivity index (χ4n) is 2.65. The van der Waals surface area contributed by atoms with E-state index in [0.717, 1.165) is 28.5 Å². The number of carbonyl (C=O) groups is 1. The largest absolute Gasteiger partial charge is 0.489 e. The van der Waals surface area contributed by atoms with Crippen LogP contribution in [-0.4, -0.2) is 15.4 Å². The van der Waals surface area contributed by atoms with E-state index in [-0.39, 0.29) is 5.69 Å². The molecule has 0 spiro atoms. The molecule has 1 amide bonds. The Kier molecular flexibility index (Phi) is 6.03. The molecule has 0 bridgehead atoms. The van der Waals surface area contributed by atoms with Gasteiger partial charge in [0.05, 0.1) is 11.1 Å². The molecule has 29 heavy (non-hydrogen) atoms. The summed E-state index contributed by atoms with van der Waals surface area (Å²) in [5.74, 6) is 0.181. The fourth-order valence-corrected chi connectivity index (χ4v) is 2.65. The van der Waals surface area contributed by atoms with Crippen LogP contribution in [0.25, 0.3) is 0 Å². The van der Waals surface area contributed by atoms with E-state index in [9.17, 15) is 19.7 Å². The fraction of sp³-hybridized carbons (Fsp3) is 0.143. The molecule has 0 aliphatic carbocycles. The monoisotopic (exact) mass is 393 g/mol. The molecule has 0 saturated heterocycles. The normalized spacial score (nSPS) is 11.5. The zero-order valence-electron chi connectivity index (χ0n) is 15.6. The van der Waals surface area contributed by atoms with Gasteiger partial charge in [-0.3, -0.25) is 24.3 Å². The van der Waals surface area contributed by atoms with Crippen LogP contribution < -0.4 is 15.6 Å². The van der Waals surface area contributed by atoms with Crippen molar-refractivity contribution in [3.63, 3.8) is 0 Å². The zero-order valence-corrected chi connectivity index (χ0v) is 15.6. The maximum absolute atomic E-state index is 12.5. The van der Waals surface area contributed by atoms with Crippen molar-refractivity contribution >= 4 is 17.3 Å². The molecule has 8 heteroatoms. The Morgan fingerprint density at radius 2 is 1.79 bits per heavy atom. The number of rotatable bonds is 7. The van der Waals surface area contributed by atoms with Crippen LogP contribution in [0.1, 0.15) is 18.5 Å². The highest BCUT2D eigenvalue weighted by atomic mass is 16.6. The third-order valence-corrected chi connectivity index (χ3v) is 4.30. The zero-order chi connectivity index (χ0) is 20.8. The lowest BCUT2D eigenvalue weighted by molar-refractivity contribution is -0.385. The van der Waals surface area contributed by atoms with E-state index in [2.05, 4.69) is 5.32 Å². The first-order valence-electron chi connectivity index (χ1n) is 8.88. The minimum atomic E-state index is -0.920.